The maximum absolute atomic E-state index is 12.7. The first kappa shape index (κ1) is 19.2. The van der Waals surface area contributed by atoms with Crippen molar-refractivity contribution >= 4 is 64.0 Å². The van der Waals surface area contributed by atoms with Crippen LogP contribution in [0.15, 0.2) is 53.2 Å². The second kappa shape index (κ2) is 7.60. The van der Waals surface area contributed by atoms with Gasteiger partial charge < -0.3 is 10.1 Å². The summed E-state index contributed by atoms with van der Waals surface area (Å²) in [5.41, 5.74) is 0.969. The lowest BCUT2D eigenvalue weighted by Crippen LogP contribution is -2.32. The second-order valence-electron chi connectivity index (χ2n) is 5.43. The summed E-state index contributed by atoms with van der Waals surface area (Å²) in [6.45, 7) is 0. The maximum atomic E-state index is 12.7. The number of nitrogens with one attached hydrogen (secondary N) is 1. The average molecular weight is 426 g/mol. The Hall–Kier alpha value is -2.54. The van der Waals surface area contributed by atoms with E-state index in [2.05, 4.69) is 10.1 Å². The van der Waals surface area contributed by atoms with Crippen molar-refractivity contribution in [1.29, 1.82) is 0 Å². The minimum Gasteiger partial charge on any atom is -0.465 e. The van der Waals surface area contributed by atoms with Gasteiger partial charge in [-0.15, -0.1) is 0 Å². The minimum absolute atomic E-state index is 0.0847. The summed E-state index contributed by atoms with van der Waals surface area (Å²) in [6, 6.07) is 10.5. The Morgan fingerprint density at radius 1 is 0.963 bits per heavy atom. The van der Waals surface area contributed by atoms with Gasteiger partial charge in [0.25, 0.3) is 11.8 Å². The van der Waals surface area contributed by atoms with E-state index in [1.165, 1.54) is 37.4 Å². The molecule has 0 aromatic heterocycles. The van der Waals surface area contributed by atoms with Crippen LogP contribution in [0.2, 0.25) is 10.0 Å². The normalized spacial score (nSPS) is 14.0. The molecule has 1 N–H and O–H groups in total. The van der Waals surface area contributed by atoms with Crippen LogP contribution in [-0.4, -0.2) is 24.9 Å². The zero-order valence-corrected chi connectivity index (χ0v) is 16.0. The number of ether oxygens (including phenoxy) is 1. The van der Waals surface area contributed by atoms with E-state index in [9.17, 15) is 14.4 Å². The third-order valence-electron chi connectivity index (χ3n) is 3.76. The van der Waals surface area contributed by atoms with Crippen molar-refractivity contribution in [1.82, 2.24) is 0 Å². The molecular formula is C18H11Cl3N2O4. The van der Waals surface area contributed by atoms with E-state index >= 15 is 0 Å². The Bertz CT molecular complexity index is 987. The molecule has 0 fully saturated rings. The molecule has 27 heavy (non-hydrogen) atoms. The molecule has 0 spiro atoms. The van der Waals surface area contributed by atoms with Gasteiger partial charge in [-0.2, -0.15) is 0 Å². The first-order valence-electron chi connectivity index (χ1n) is 7.52. The van der Waals surface area contributed by atoms with E-state index in [-0.39, 0.29) is 21.4 Å². The zero-order chi connectivity index (χ0) is 19.7. The number of anilines is 2. The van der Waals surface area contributed by atoms with E-state index in [0.29, 0.717) is 16.3 Å². The van der Waals surface area contributed by atoms with Gasteiger partial charge in [-0.25, -0.2) is 9.69 Å². The van der Waals surface area contributed by atoms with Crippen LogP contribution >= 0.6 is 34.8 Å². The smallest absolute Gasteiger partial charge is 0.337 e. The maximum Gasteiger partial charge on any atom is 0.337 e. The molecule has 0 saturated heterocycles. The van der Waals surface area contributed by atoms with E-state index in [1.54, 1.807) is 12.1 Å². The van der Waals surface area contributed by atoms with Gasteiger partial charge >= 0.3 is 5.97 Å². The molecule has 3 rings (SSSR count). The average Bonchev–Trinajstić information content (AvgIpc) is 2.87. The predicted octanol–water partition coefficient (Wildman–Crippen LogP) is 4.22. The van der Waals surface area contributed by atoms with Gasteiger partial charge in [0.1, 0.15) is 10.7 Å². The number of hydrogen-bond acceptors (Lipinski definition) is 5. The number of nitrogens with zero attached hydrogens (tertiary/aromatic N) is 1. The zero-order valence-electron chi connectivity index (χ0n) is 13.8. The number of hydrogen-bond donors (Lipinski definition) is 1. The highest BCUT2D eigenvalue weighted by Gasteiger charge is 2.39. The van der Waals surface area contributed by atoms with Crippen molar-refractivity contribution in [2.24, 2.45) is 0 Å². The van der Waals surface area contributed by atoms with Crippen LogP contribution in [0.3, 0.4) is 0 Å². The van der Waals surface area contributed by atoms with E-state index < -0.39 is 17.8 Å². The molecule has 0 aliphatic carbocycles. The van der Waals surface area contributed by atoms with Crippen LogP contribution in [-0.2, 0) is 14.3 Å². The number of carbonyl (C=O) groups excluding carboxylic acids is 3. The number of carbonyl (C=O) groups is 3. The Kier molecular flexibility index (Phi) is 5.41. The van der Waals surface area contributed by atoms with E-state index in [0.717, 1.165) is 4.90 Å². The second-order valence-corrected chi connectivity index (χ2v) is 6.62. The summed E-state index contributed by atoms with van der Waals surface area (Å²) in [4.78, 5) is 37.5. The fourth-order valence-corrected chi connectivity index (χ4v) is 2.93. The highest BCUT2D eigenvalue weighted by molar-refractivity contribution is 6.53. The predicted molar refractivity (Wildman–Crippen MR) is 103 cm³/mol. The molecule has 6 nitrogen and oxygen atoms in total. The molecule has 0 atom stereocenters. The van der Waals surface area contributed by atoms with Gasteiger partial charge in [0.15, 0.2) is 0 Å². The fourth-order valence-electron chi connectivity index (χ4n) is 2.42. The van der Waals surface area contributed by atoms with Gasteiger partial charge in [0.05, 0.1) is 28.4 Å². The fraction of sp³-hybridized carbons (Fsp3) is 0.0556. The SMILES string of the molecule is COC(=O)c1ccc(NC2=C(Cl)C(=O)N(c3ccc(Cl)c(Cl)c3)C2=O)cc1. The molecule has 0 bridgehead atoms. The molecule has 1 aliphatic heterocycles. The summed E-state index contributed by atoms with van der Waals surface area (Å²) >= 11 is 17.9. The molecule has 2 amide bonds. The largest absolute Gasteiger partial charge is 0.465 e. The first-order chi connectivity index (χ1) is 12.8. The van der Waals surface area contributed by atoms with E-state index in [4.69, 9.17) is 34.8 Å². The van der Waals surface area contributed by atoms with E-state index in [1.807, 2.05) is 0 Å². The number of benzene rings is 2. The summed E-state index contributed by atoms with van der Waals surface area (Å²) in [7, 11) is 1.28. The quantitative estimate of drug-likeness (QED) is 0.586. The Morgan fingerprint density at radius 3 is 2.22 bits per heavy atom. The van der Waals surface area contributed by atoms with Gasteiger partial charge in [-0.05, 0) is 42.5 Å². The van der Waals surface area contributed by atoms with Crippen LogP contribution in [0.5, 0.6) is 0 Å². The highest BCUT2D eigenvalue weighted by atomic mass is 35.5. The minimum atomic E-state index is -0.686. The topological polar surface area (TPSA) is 75.7 Å². The molecule has 1 heterocycles. The molecule has 2 aromatic carbocycles. The third-order valence-corrected chi connectivity index (χ3v) is 4.85. The van der Waals surface area contributed by atoms with Crippen LogP contribution in [0.25, 0.3) is 0 Å². The number of amides is 2. The number of esters is 1. The molecule has 1 aliphatic rings. The number of imide groups is 1. The van der Waals surface area contributed by atoms with Crippen molar-refractivity contribution in [3.63, 3.8) is 0 Å². The van der Waals surface area contributed by atoms with Gasteiger partial charge in [-0.1, -0.05) is 34.8 Å². The summed E-state index contributed by atoms with van der Waals surface area (Å²) in [5.74, 6) is -1.81. The Labute approximate surface area is 169 Å². The number of methoxy groups -OCH3 is 1. The summed E-state index contributed by atoms with van der Waals surface area (Å²) in [6.07, 6.45) is 0. The van der Waals surface area contributed by atoms with Crippen molar-refractivity contribution in [2.45, 2.75) is 0 Å². The standard InChI is InChI=1S/C18H11Cl3N2O4/c1-27-18(26)9-2-4-10(5-3-9)22-15-14(21)16(24)23(17(15)25)11-6-7-12(19)13(20)8-11/h2-8,22H,1H3. The molecule has 0 saturated carbocycles. The monoisotopic (exact) mass is 424 g/mol. The van der Waals surface area contributed by atoms with Crippen molar-refractivity contribution in [3.8, 4) is 0 Å². The van der Waals surface area contributed by atoms with Crippen LogP contribution in [0.4, 0.5) is 11.4 Å². The Morgan fingerprint density at radius 2 is 1.63 bits per heavy atom. The lowest BCUT2D eigenvalue weighted by atomic mass is 10.2. The van der Waals surface area contributed by atoms with Crippen molar-refractivity contribution in [3.05, 3.63) is 68.8 Å². The van der Waals surface area contributed by atoms with Crippen LogP contribution < -0.4 is 10.2 Å². The van der Waals surface area contributed by atoms with Gasteiger partial charge in [-0.3, -0.25) is 9.59 Å². The summed E-state index contributed by atoms with van der Waals surface area (Å²) in [5, 5.41) is 3.04. The molecule has 138 valence electrons. The van der Waals surface area contributed by atoms with Crippen LogP contribution in [0, 0.1) is 0 Å². The Balaban J connectivity index is 1.86. The van der Waals surface area contributed by atoms with Crippen molar-refractivity contribution < 1.29 is 19.1 Å². The molecule has 0 radical (unpaired) electrons. The highest BCUT2D eigenvalue weighted by Crippen LogP contribution is 2.33. The van der Waals surface area contributed by atoms with Gasteiger partial charge in [0, 0.05) is 5.69 Å². The lowest BCUT2D eigenvalue weighted by molar-refractivity contribution is -0.120. The molecule has 2 aromatic rings. The lowest BCUT2D eigenvalue weighted by Gasteiger charge is -2.15. The number of halogens is 3. The first-order valence-corrected chi connectivity index (χ1v) is 8.66. The van der Waals surface area contributed by atoms with Gasteiger partial charge in [0.2, 0.25) is 0 Å². The molecule has 9 heteroatoms. The molecule has 0 unspecified atom stereocenters. The third kappa shape index (κ3) is 3.64. The molecular weight excluding hydrogens is 415 g/mol. The summed E-state index contributed by atoms with van der Waals surface area (Å²) < 4.78 is 4.62. The van der Waals surface area contributed by atoms with Crippen molar-refractivity contribution in [2.75, 3.05) is 17.3 Å². The number of rotatable bonds is 4. The van der Waals surface area contributed by atoms with Crippen LogP contribution in [0.1, 0.15) is 10.4 Å².